The standard InChI is InChI=1S/C27H28N10O3S2/c1-13-10-30-26(41-13)20-7-4-15(11-29-20)19-12-31-37-23(28)22(42(3,39)40)21(33-25(19)37)16-8-17-5-6-18(9-16)36(17)27(38)24-32-14(2)34-35-24/h4,7,10-12,16-18H,5-6,8-9,28H2,1-3H3,(H,32,34,35). The lowest BCUT2D eigenvalue weighted by Crippen LogP contribution is -2.46. The summed E-state index contributed by atoms with van der Waals surface area (Å²) in [6, 6.07) is 3.66. The van der Waals surface area contributed by atoms with Gasteiger partial charge in [0.25, 0.3) is 5.91 Å². The highest BCUT2D eigenvalue weighted by Gasteiger charge is 2.46. The number of aromatic amines is 1. The zero-order valence-electron chi connectivity index (χ0n) is 23.1. The number of aryl methyl sites for hydroxylation is 2. The molecule has 2 unspecified atom stereocenters. The number of thiazole rings is 1. The van der Waals surface area contributed by atoms with Crippen LogP contribution < -0.4 is 5.73 Å². The second-order valence-electron chi connectivity index (χ2n) is 11.0. The summed E-state index contributed by atoms with van der Waals surface area (Å²) < 4.78 is 27.6. The lowest BCUT2D eigenvalue weighted by molar-refractivity contribution is 0.0556. The van der Waals surface area contributed by atoms with Gasteiger partial charge in [-0.2, -0.15) is 9.61 Å². The first-order valence-corrected chi connectivity index (χ1v) is 16.3. The molecule has 216 valence electrons. The number of hydrogen-bond acceptors (Lipinski definition) is 11. The maximum Gasteiger partial charge on any atom is 0.294 e. The maximum atomic E-state index is 13.3. The highest BCUT2D eigenvalue weighted by molar-refractivity contribution is 7.91. The van der Waals surface area contributed by atoms with Crippen molar-refractivity contribution in [3.63, 3.8) is 0 Å². The molecule has 0 saturated carbocycles. The van der Waals surface area contributed by atoms with E-state index >= 15 is 0 Å². The van der Waals surface area contributed by atoms with Crippen molar-refractivity contribution in [2.75, 3.05) is 12.0 Å². The van der Waals surface area contributed by atoms with E-state index in [1.165, 1.54) is 4.52 Å². The van der Waals surface area contributed by atoms with Crippen molar-refractivity contribution in [2.45, 2.75) is 62.4 Å². The SMILES string of the molecule is Cc1nc(C(=O)N2C3CCC2CC(c2nc4c(-c5ccc(-c6ncc(C)s6)nc5)cnn4c(N)c2S(C)(=O)=O)C3)n[nH]1. The fourth-order valence-corrected chi connectivity index (χ4v) is 8.12. The summed E-state index contributed by atoms with van der Waals surface area (Å²) in [5.41, 5.74) is 9.62. The second-order valence-corrected chi connectivity index (χ2v) is 14.2. The van der Waals surface area contributed by atoms with Crippen molar-refractivity contribution in [1.82, 2.24) is 44.6 Å². The van der Waals surface area contributed by atoms with E-state index in [0.717, 1.165) is 40.2 Å². The Hall–Kier alpha value is -4.24. The summed E-state index contributed by atoms with van der Waals surface area (Å²) in [6.45, 7) is 3.75. The Bertz CT molecular complexity index is 1950. The molecular weight excluding hydrogens is 576 g/mol. The summed E-state index contributed by atoms with van der Waals surface area (Å²) in [4.78, 5) is 34.4. The van der Waals surface area contributed by atoms with E-state index in [1.54, 1.807) is 30.7 Å². The van der Waals surface area contributed by atoms with Crippen LogP contribution in [-0.2, 0) is 9.84 Å². The Labute approximate surface area is 245 Å². The lowest BCUT2D eigenvalue weighted by Gasteiger charge is -2.38. The van der Waals surface area contributed by atoms with Crippen LogP contribution in [0.15, 0.2) is 35.6 Å². The molecular formula is C27H28N10O3S2. The van der Waals surface area contributed by atoms with Crippen molar-refractivity contribution in [3.05, 3.63) is 52.9 Å². The first kappa shape index (κ1) is 26.6. The van der Waals surface area contributed by atoms with E-state index in [0.29, 0.717) is 35.6 Å². The first-order valence-electron chi connectivity index (χ1n) is 13.6. The van der Waals surface area contributed by atoms with Gasteiger partial charge in [-0.3, -0.25) is 14.9 Å². The van der Waals surface area contributed by atoms with Gasteiger partial charge in [-0.05, 0) is 45.6 Å². The van der Waals surface area contributed by atoms with Gasteiger partial charge in [-0.25, -0.2) is 23.4 Å². The number of anilines is 1. The third kappa shape index (κ3) is 4.34. The number of rotatable bonds is 5. The fraction of sp³-hybridized carbons (Fsp3) is 0.370. The molecule has 5 aromatic rings. The van der Waals surface area contributed by atoms with E-state index in [1.807, 2.05) is 30.2 Å². The largest absolute Gasteiger partial charge is 0.382 e. The number of nitrogens with zero attached hydrogens (tertiary/aromatic N) is 8. The molecule has 1 amide bonds. The first-order chi connectivity index (χ1) is 20.1. The summed E-state index contributed by atoms with van der Waals surface area (Å²) in [5.74, 6) is 0.323. The molecule has 42 heavy (non-hydrogen) atoms. The number of H-pyrrole nitrogens is 1. The third-order valence-electron chi connectivity index (χ3n) is 8.09. The van der Waals surface area contributed by atoms with Crippen LogP contribution in [0.2, 0.25) is 0 Å². The Balaban J connectivity index is 1.27. The molecule has 7 rings (SSSR count). The Morgan fingerprint density at radius 1 is 1.07 bits per heavy atom. The number of piperidine rings is 1. The molecule has 15 heteroatoms. The van der Waals surface area contributed by atoms with Crippen LogP contribution in [0.5, 0.6) is 0 Å². The Kier molecular flexibility index (Phi) is 6.13. The van der Waals surface area contributed by atoms with Crippen molar-refractivity contribution in [2.24, 2.45) is 0 Å². The van der Waals surface area contributed by atoms with Crippen LogP contribution in [0.3, 0.4) is 0 Å². The van der Waals surface area contributed by atoms with Gasteiger partial charge in [0.2, 0.25) is 5.82 Å². The Morgan fingerprint density at radius 3 is 2.43 bits per heavy atom. The average Bonchev–Trinajstić information content (AvgIpc) is 3.74. The summed E-state index contributed by atoms with van der Waals surface area (Å²) in [6.07, 6.45) is 9.07. The number of nitrogen functional groups attached to an aromatic ring is 1. The van der Waals surface area contributed by atoms with Crippen LogP contribution in [0.25, 0.3) is 27.5 Å². The monoisotopic (exact) mass is 604 g/mol. The number of nitrogens with two attached hydrogens (primary N) is 1. The number of carbonyl (C=O) groups is 1. The highest BCUT2D eigenvalue weighted by Crippen LogP contribution is 2.45. The van der Waals surface area contributed by atoms with Gasteiger partial charge in [-0.1, -0.05) is 6.07 Å². The average molecular weight is 605 g/mol. The van der Waals surface area contributed by atoms with Gasteiger partial charge in [-0.15, -0.1) is 16.4 Å². The topological polar surface area (TPSA) is 178 Å². The van der Waals surface area contributed by atoms with Gasteiger partial charge < -0.3 is 10.6 Å². The number of carbonyl (C=O) groups excluding carboxylic acids is 1. The molecule has 2 bridgehead atoms. The minimum atomic E-state index is -3.75. The molecule has 5 aromatic heterocycles. The van der Waals surface area contributed by atoms with Crippen molar-refractivity contribution >= 4 is 38.5 Å². The van der Waals surface area contributed by atoms with Crippen LogP contribution in [0.1, 0.15) is 58.6 Å². The van der Waals surface area contributed by atoms with Crippen molar-refractivity contribution in [3.8, 4) is 21.8 Å². The highest BCUT2D eigenvalue weighted by atomic mass is 32.2. The number of pyridine rings is 1. The number of fused-ring (bicyclic) bond motifs is 3. The van der Waals surface area contributed by atoms with Gasteiger partial charge in [0.05, 0.1) is 17.6 Å². The molecule has 7 heterocycles. The second kappa shape index (κ2) is 9.66. The van der Waals surface area contributed by atoms with Gasteiger partial charge in [0.1, 0.15) is 21.5 Å². The van der Waals surface area contributed by atoms with Crippen LogP contribution in [0.4, 0.5) is 5.82 Å². The minimum absolute atomic E-state index is 0.00830. The molecule has 2 aliphatic rings. The van der Waals surface area contributed by atoms with Crippen LogP contribution >= 0.6 is 11.3 Å². The maximum absolute atomic E-state index is 13.3. The summed E-state index contributed by atoms with van der Waals surface area (Å²) >= 11 is 1.57. The molecule has 3 N–H and O–H groups in total. The van der Waals surface area contributed by atoms with Crippen LogP contribution in [0, 0.1) is 13.8 Å². The summed E-state index contributed by atoms with van der Waals surface area (Å²) in [7, 11) is -3.75. The predicted molar refractivity (Wildman–Crippen MR) is 156 cm³/mol. The van der Waals surface area contributed by atoms with E-state index in [2.05, 4.69) is 30.2 Å². The van der Waals surface area contributed by atoms with Gasteiger partial charge in [0, 0.05) is 52.7 Å². The molecule has 2 fully saturated rings. The molecule has 2 atom stereocenters. The molecule has 2 aliphatic heterocycles. The van der Waals surface area contributed by atoms with E-state index < -0.39 is 9.84 Å². The van der Waals surface area contributed by atoms with Gasteiger partial charge >= 0.3 is 0 Å². The molecule has 0 aromatic carbocycles. The smallest absolute Gasteiger partial charge is 0.294 e. The number of sulfone groups is 1. The number of aromatic nitrogens is 8. The molecule has 0 radical (unpaired) electrons. The van der Waals surface area contributed by atoms with Gasteiger partial charge in [0.15, 0.2) is 15.5 Å². The fourth-order valence-electron chi connectivity index (χ4n) is 6.32. The van der Waals surface area contributed by atoms with E-state index in [-0.39, 0.29) is 40.4 Å². The Morgan fingerprint density at radius 2 is 1.83 bits per heavy atom. The molecule has 13 nitrogen and oxygen atoms in total. The summed E-state index contributed by atoms with van der Waals surface area (Å²) in [5, 5.41) is 12.0. The van der Waals surface area contributed by atoms with Crippen molar-refractivity contribution < 1.29 is 13.2 Å². The third-order valence-corrected chi connectivity index (χ3v) is 10.2. The normalized spacial score (nSPS) is 20.5. The number of hydrogen-bond donors (Lipinski definition) is 2. The lowest BCUT2D eigenvalue weighted by atomic mass is 9.87. The van der Waals surface area contributed by atoms with E-state index in [9.17, 15) is 13.2 Å². The van der Waals surface area contributed by atoms with Crippen molar-refractivity contribution in [1.29, 1.82) is 0 Å². The molecule has 0 aliphatic carbocycles. The zero-order valence-corrected chi connectivity index (χ0v) is 24.8. The number of amides is 1. The minimum Gasteiger partial charge on any atom is -0.382 e. The number of nitrogens with one attached hydrogen (secondary N) is 1. The zero-order chi connectivity index (χ0) is 29.3. The molecule has 2 saturated heterocycles. The quantitative estimate of drug-likeness (QED) is 0.303. The van der Waals surface area contributed by atoms with E-state index in [4.69, 9.17) is 10.7 Å². The predicted octanol–water partition coefficient (Wildman–Crippen LogP) is 3.19. The molecule has 0 spiro atoms. The van der Waals surface area contributed by atoms with Crippen LogP contribution in [-0.4, -0.2) is 77.3 Å².